The van der Waals surface area contributed by atoms with Crippen molar-refractivity contribution in [1.82, 2.24) is 10.2 Å². The summed E-state index contributed by atoms with van der Waals surface area (Å²) in [4.78, 5) is 16.4. The van der Waals surface area contributed by atoms with Gasteiger partial charge in [-0.25, -0.2) is 0 Å². The predicted octanol–water partition coefficient (Wildman–Crippen LogP) is 2.47. The molecule has 0 saturated carbocycles. The van der Waals surface area contributed by atoms with Crippen molar-refractivity contribution < 1.29 is 19.0 Å². The van der Waals surface area contributed by atoms with Crippen LogP contribution in [0.5, 0.6) is 11.5 Å². The molecule has 0 spiro atoms. The van der Waals surface area contributed by atoms with Crippen LogP contribution in [0.15, 0.2) is 41.8 Å². The minimum Gasteiger partial charge on any atom is -0.482 e. The van der Waals surface area contributed by atoms with Crippen LogP contribution >= 0.6 is 11.3 Å². The Kier molecular flexibility index (Phi) is 5.61. The maximum atomic E-state index is 12.8. The lowest BCUT2D eigenvalue weighted by Crippen LogP contribution is -2.51. The molecule has 4 rings (SSSR count). The summed E-state index contributed by atoms with van der Waals surface area (Å²) in [6.07, 6.45) is -1.00. The maximum Gasteiger partial charge on any atom is 0.265 e. The number of nitrogens with zero attached hydrogens (tertiary/aromatic N) is 1. The number of nitrogens with one attached hydrogen (secondary N) is 1. The number of fused-ring (bicyclic) bond motifs is 1. The highest BCUT2D eigenvalue weighted by molar-refractivity contribution is 7.10. The lowest BCUT2D eigenvalue weighted by Gasteiger charge is -2.35. The molecule has 2 aliphatic rings. The summed E-state index contributed by atoms with van der Waals surface area (Å²) in [5, 5.41) is 5.15. The molecule has 3 atom stereocenters. The van der Waals surface area contributed by atoms with Crippen molar-refractivity contribution in [2.45, 2.75) is 25.2 Å². The largest absolute Gasteiger partial charge is 0.482 e. The first kappa shape index (κ1) is 18.3. The summed E-state index contributed by atoms with van der Waals surface area (Å²) >= 11 is 1.71. The van der Waals surface area contributed by atoms with Crippen LogP contribution in [-0.4, -0.2) is 55.9 Å². The van der Waals surface area contributed by atoms with Crippen molar-refractivity contribution >= 4 is 17.2 Å². The molecule has 6 nitrogen and oxygen atoms in total. The molecule has 3 heterocycles. The van der Waals surface area contributed by atoms with Gasteiger partial charge < -0.3 is 19.5 Å². The van der Waals surface area contributed by atoms with E-state index in [1.165, 1.54) is 4.88 Å². The summed E-state index contributed by atoms with van der Waals surface area (Å²) < 4.78 is 17.2. The lowest BCUT2D eigenvalue weighted by molar-refractivity contribution is -0.133. The van der Waals surface area contributed by atoms with E-state index in [1.807, 2.05) is 37.3 Å². The van der Waals surface area contributed by atoms with Gasteiger partial charge in [-0.2, -0.15) is 0 Å². The maximum absolute atomic E-state index is 12.8. The number of carbonyl (C=O) groups excluding carboxylic acids is 1. The van der Waals surface area contributed by atoms with Gasteiger partial charge in [0.1, 0.15) is 6.10 Å². The van der Waals surface area contributed by atoms with E-state index in [2.05, 4.69) is 21.7 Å². The molecule has 0 unspecified atom stereocenters. The van der Waals surface area contributed by atoms with E-state index in [1.54, 1.807) is 11.3 Å². The van der Waals surface area contributed by atoms with E-state index < -0.39 is 6.10 Å². The van der Waals surface area contributed by atoms with Crippen molar-refractivity contribution in [2.75, 3.05) is 32.8 Å². The standard InChI is InChI=1S/C20H24N2O4S/c1-14-19(26-17-6-3-2-5-16(17)25-14)20(23)21-13-15(18-7-4-12-27-18)22-8-10-24-11-9-22/h2-7,12,14-15,19H,8-11,13H2,1H3,(H,21,23)/t14-,15+,19+/m0/s1. The van der Waals surface area contributed by atoms with Crippen molar-refractivity contribution in [1.29, 1.82) is 0 Å². The Bertz CT molecular complexity index is 761. The molecule has 2 aliphatic heterocycles. The second-order valence-electron chi connectivity index (χ2n) is 6.73. The molecule has 0 aliphatic carbocycles. The molecule has 1 amide bonds. The number of amides is 1. The van der Waals surface area contributed by atoms with Gasteiger partial charge in [-0.15, -0.1) is 11.3 Å². The van der Waals surface area contributed by atoms with Crippen LogP contribution in [-0.2, 0) is 9.53 Å². The quantitative estimate of drug-likeness (QED) is 0.853. The highest BCUT2D eigenvalue weighted by Crippen LogP contribution is 2.33. The topological polar surface area (TPSA) is 60.0 Å². The summed E-state index contributed by atoms with van der Waals surface area (Å²) in [5.74, 6) is 1.14. The fraction of sp³-hybridized carbons (Fsp3) is 0.450. The molecular weight excluding hydrogens is 364 g/mol. The van der Waals surface area contributed by atoms with Crippen molar-refractivity contribution in [3.63, 3.8) is 0 Å². The van der Waals surface area contributed by atoms with E-state index in [0.29, 0.717) is 18.0 Å². The van der Waals surface area contributed by atoms with Crippen LogP contribution in [0.3, 0.4) is 0 Å². The summed E-state index contributed by atoms with van der Waals surface area (Å²) in [6, 6.07) is 11.8. The Labute approximate surface area is 163 Å². The monoisotopic (exact) mass is 388 g/mol. The van der Waals surface area contributed by atoms with Crippen molar-refractivity contribution in [3.8, 4) is 11.5 Å². The number of benzene rings is 1. The first-order chi connectivity index (χ1) is 13.2. The van der Waals surface area contributed by atoms with Gasteiger partial charge in [0, 0.05) is 24.5 Å². The number of carbonyl (C=O) groups is 1. The van der Waals surface area contributed by atoms with Crippen LogP contribution in [0.25, 0.3) is 0 Å². The molecular formula is C20H24N2O4S. The first-order valence-corrected chi connectivity index (χ1v) is 10.2. The highest BCUT2D eigenvalue weighted by Gasteiger charge is 2.34. The number of thiophene rings is 1. The van der Waals surface area contributed by atoms with E-state index in [0.717, 1.165) is 26.3 Å². The zero-order valence-electron chi connectivity index (χ0n) is 15.3. The normalized spacial score (nSPS) is 23.6. The molecule has 1 aromatic carbocycles. The van der Waals surface area contributed by atoms with Crippen LogP contribution in [0, 0.1) is 0 Å². The number of hydrogen-bond acceptors (Lipinski definition) is 6. The van der Waals surface area contributed by atoms with E-state index in [4.69, 9.17) is 14.2 Å². The smallest absolute Gasteiger partial charge is 0.265 e. The van der Waals surface area contributed by atoms with Gasteiger partial charge in [0.05, 0.1) is 19.3 Å². The third-order valence-electron chi connectivity index (χ3n) is 4.93. The third kappa shape index (κ3) is 4.10. The van der Waals surface area contributed by atoms with Gasteiger partial charge in [0.25, 0.3) is 5.91 Å². The van der Waals surface area contributed by atoms with Gasteiger partial charge in [0.15, 0.2) is 11.5 Å². The summed E-state index contributed by atoms with van der Waals surface area (Å²) in [6.45, 7) is 5.58. The van der Waals surface area contributed by atoms with Gasteiger partial charge in [-0.3, -0.25) is 9.69 Å². The molecule has 1 fully saturated rings. The van der Waals surface area contributed by atoms with Crippen LogP contribution in [0.4, 0.5) is 0 Å². The third-order valence-corrected chi connectivity index (χ3v) is 5.90. The van der Waals surface area contributed by atoms with Gasteiger partial charge in [0.2, 0.25) is 6.10 Å². The Balaban J connectivity index is 1.42. The molecule has 2 aromatic rings. The molecule has 0 bridgehead atoms. The van der Waals surface area contributed by atoms with E-state index in [9.17, 15) is 4.79 Å². The zero-order chi connectivity index (χ0) is 18.6. The number of morpholine rings is 1. The Morgan fingerprint density at radius 1 is 1.19 bits per heavy atom. The van der Waals surface area contributed by atoms with Crippen molar-refractivity contribution in [3.05, 3.63) is 46.7 Å². The lowest BCUT2D eigenvalue weighted by atomic mass is 10.1. The number of para-hydroxylation sites is 2. The highest BCUT2D eigenvalue weighted by atomic mass is 32.1. The minimum atomic E-state index is -0.659. The van der Waals surface area contributed by atoms with Crippen LogP contribution < -0.4 is 14.8 Å². The number of rotatable bonds is 5. The second kappa shape index (κ2) is 8.29. The average Bonchev–Trinajstić information content (AvgIpc) is 3.23. The molecule has 144 valence electrons. The fourth-order valence-corrected chi connectivity index (χ4v) is 4.34. The van der Waals surface area contributed by atoms with Gasteiger partial charge >= 0.3 is 0 Å². The predicted molar refractivity (Wildman–Crippen MR) is 103 cm³/mol. The molecule has 1 aromatic heterocycles. The molecule has 1 N–H and O–H groups in total. The van der Waals surface area contributed by atoms with Crippen molar-refractivity contribution in [2.24, 2.45) is 0 Å². The van der Waals surface area contributed by atoms with E-state index in [-0.39, 0.29) is 18.1 Å². The fourth-order valence-electron chi connectivity index (χ4n) is 3.48. The second-order valence-corrected chi connectivity index (χ2v) is 7.71. The first-order valence-electron chi connectivity index (χ1n) is 9.27. The number of hydrogen-bond donors (Lipinski definition) is 1. The van der Waals surface area contributed by atoms with Crippen LogP contribution in [0.1, 0.15) is 17.8 Å². The SMILES string of the molecule is C[C@@H]1Oc2ccccc2O[C@H]1C(=O)NC[C@H](c1cccs1)N1CCOCC1. The molecule has 7 heteroatoms. The molecule has 0 radical (unpaired) electrons. The Morgan fingerprint density at radius 2 is 1.93 bits per heavy atom. The summed E-state index contributed by atoms with van der Waals surface area (Å²) in [5.41, 5.74) is 0. The average molecular weight is 388 g/mol. The van der Waals surface area contributed by atoms with Crippen LogP contribution in [0.2, 0.25) is 0 Å². The number of ether oxygens (including phenoxy) is 3. The molecule has 27 heavy (non-hydrogen) atoms. The van der Waals surface area contributed by atoms with Gasteiger partial charge in [-0.1, -0.05) is 18.2 Å². The zero-order valence-corrected chi connectivity index (χ0v) is 16.1. The minimum absolute atomic E-state index is 0.143. The summed E-state index contributed by atoms with van der Waals surface area (Å²) in [7, 11) is 0. The molecule has 1 saturated heterocycles. The Hall–Kier alpha value is -2.09. The Morgan fingerprint density at radius 3 is 2.63 bits per heavy atom. The van der Waals surface area contributed by atoms with E-state index >= 15 is 0 Å². The van der Waals surface area contributed by atoms with Gasteiger partial charge in [-0.05, 0) is 30.5 Å².